The SMILES string of the molecule is CC(CNC(C)(C)C)CN1CCSC(C)(C)C1. The van der Waals surface area contributed by atoms with Crippen LogP contribution in [0.3, 0.4) is 0 Å². The van der Waals surface area contributed by atoms with E-state index in [0.29, 0.717) is 4.75 Å². The topological polar surface area (TPSA) is 15.3 Å². The molecule has 0 bridgehead atoms. The molecule has 0 aliphatic carbocycles. The van der Waals surface area contributed by atoms with Crippen LogP contribution in [0.2, 0.25) is 0 Å². The zero-order valence-electron chi connectivity index (χ0n) is 12.5. The third-order valence-electron chi connectivity index (χ3n) is 3.06. The van der Waals surface area contributed by atoms with E-state index in [2.05, 4.69) is 63.5 Å². The number of nitrogens with zero attached hydrogens (tertiary/aromatic N) is 1. The van der Waals surface area contributed by atoms with Crippen LogP contribution in [0, 0.1) is 5.92 Å². The Kier molecular flexibility index (Phi) is 5.36. The molecule has 17 heavy (non-hydrogen) atoms. The van der Waals surface area contributed by atoms with Crippen LogP contribution in [-0.4, -0.2) is 47.1 Å². The minimum atomic E-state index is 0.241. The second-order valence-corrected chi connectivity index (χ2v) is 8.88. The molecule has 1 unspecified atom stereocenters. The molecule has 0 amide bonds. The summed E-state index contributed by atoms with van der Waals surface area (Å²) in [6, 6.07) is 0. The summed E-state index contributed by atoms with van der Waals surface area (Å²) in [6.45, 7) is 18.6. The smallest absolute Gasteiger partial charge is 0.0231 e. The monoisotopic (exact) mass is 258 g/mol. The van der Waals surface area contributed by atoms with E-state index in [1.807, 2.05) is 0 Å². The first-order chi connectivity index (χ1) is 7.68. The normalized spacial score (nSPS) is 23.6. The van der Waals surface area contributed by atoms with E-state index in [4.69, 9.17) is 0 Å². The van der Waals surface area contributed by atoms with Gasteiger partial charge in [0.05, 0.1) is 0 Å². The quantitative estimate of drug-likeness (QED) is 0.835. The van der Waals surface area contributed by atoms with Crippen molar-refractivity contribution in [3.63, 3.8) is 0 Å². The van der Waals surface area contributed by atoms with Crippen LogP contribution in [0.1, 0.15) is 41.5 Å². The van der Waals surface area contributed by atoms with E-state index in [9.17, 15) is 0 Å². The van der Waals surface area contributed by atoms with Crippen molar-refractivity contribution >= 4 is 11.8 Å². The highest BCUT2D eigenvalue weighted by Gasteiger charge is 2.27. The summed E-state index contributed by atoms with van der Waals surface area (Å²) in [6.07, 6.45) is 0. The molecule has 0 aromatic heterocycles. The molecule has 2 nitrogen and oxygen atoms in total. The van der Waals surface area contributed by atoms with Crippen LogP contribution < -0.4 is 5.32 Å². The van der Waals surface area contributed by atoms with Crippen LogP contribution in [0.5, 0.6) is 0 Å². The Morgan fingerprint density at radius 1 is 1.35 bits per heavy atom. The number of thioether (sulfide) groups is 1. The number of hydrogen-bond donors (Lipinski definition) is 1. The second kappa shape index (κ2) is 5.94. The van der Waals surface area contributed by atoms with Gasteiger partial charge in [0.15, 0.2) is 0 Å². The average molecular weight is 258 g/mol. The minimum Gasteiger partial charge on any atom is -0.312 e. The molecule has 0 aromatic carbocycles. The first-order valence-electron chi connectivity index (χ1n) is 6.79. The largest absolute Gasteiger partial charge is 0.312 e. The van der Waals surface area contributed by atoms with Crippen molar-refractivity contribution < 1.29 is 0 Å². The van der Waals surface area contributed by atoms with Crippen LogP contribution in [0.4, 0.5) is 0 Å². The van der Waals surface area contributed by atoms with Gasteiger partial charge in [-0.25, -0.2) is 0 Å². The van der Waals surface area contributed by atoms with E-state index in [-0.39, 0.29) is 5.54 Å². The molecule has 1 heterocycles. The molecule has 0 saturated carbocycles. The van der Waals surface area contributed by atoms with Gasteiger partial charge in [-0.3, -0.25) is 0 Å². The van der Waals surface area contributed by atoms with Gasteiger partial charge in [0.25, 0.3) is 0 Å². The van der Waals surface area contributed by atoms with Crippen molar-refractivity contribution in [1.82, 2.24) is 10.2 Å². The summed E-state index contributed by atoms with van der Waals surface area (Å²) in [4.78, 5) is 2.63. The van der Waals surface area contributed by atoms with Gasteiger partial charge < -0.3 is 10.2 Å². The molecule has 0 radical (unpaired) electrons. The maximum Gasteiger partial charge on any atom is 0.0231 e. The number of rotatable bonds is 4. The maximum atomic E-state index is 3.60. The van der Waals surface area contributed by atoms with Crippen molar-refractivity contribution in [2.24, 2.45) is 5.92 Å². The lowest BCUT2D eigenvalue weighted by Gasteiger charge is -2.39. The molecule has 0 spiro atoms. The predicted octanol–water partition coefficient (Wildman–Crippen LogP) is 2.84. The fourth-order valence-corrected chi connectivity index (χ4v) is 3.43. The van der Waals surface area contributed by atoms with Crippen LogP contribution >= 0.6 is 11.8 Å². The summed E-state index contributed by atoms with van der Waals surface area (Å²) in [7, 11) is 0. The Balaban J connectivity index is 2.28. The van der Waals surface area contributed by atoms with Gasteiger partial charge in [-0.05, 0) is 47.1 Å². The molecule has 1 aliphatic rings. The van der Waals surface area contributed by atoms with Crippen molar-refractivity contribution in [2.75, 3.05) is 31.9 Å². The van der Waals surface area contributed by atoms with E-state index in [1.165, 1.54) is 25.4 Å². The van der Waals surface area contributed by atoms with Crippen molar-refractivity contribution in [3.8, 4) is 0 Å². The van der Waals surface area contributed by atoms with Crippen molar-refractivity contribution in [2.45, 2.75) is 51.8 Å². The zero-order chi connectivity index (χ0) is 13.1. The Morgan fingerprint density at radius 3 is 2.53 bits per heavy atom. The zero-order valence-corrected chi connectivity index (χ0v) is 13.3. The van der Waals surface area contributed by atoms with Gasteiger partial charge in [-0.1, -0.05) is 6.92 Å². The van der Waals surface area contributed by atoms with E-state index in [0.717, 1.165) is 12.5 Å². The molecule has 1 fully saturated rings. The molecular weight excluding hydrogens is 228 g/mol. The third kappa shape index (κ3) is 6.68. The summed E-state index contributed by atoms with van der Waals surface area (Å²) < 4.78 is 0.440. The van der Waals surface area contributed by atoms with Gasteiger partial charge in [0.1, 0.15) is 0 Å². The van der Waals surface area contributed by atoms with Gasteiger partial charge >= 0.3 is 0 Å². The van der Waals surface area contributed by atoms with E-state index >= 15 is 0 Å². The second-order valence-electron chi connectivity index (χ2n) is 7.08. The molecule has 102 valence electrons. The summed E-state index contributed by atoms with van der Waals surface area (Å²) in [5, 5.41) is 3.60. The van der Waals surface area contributed by atoms with Crippen molar-refractivity contribution in [3.05, 3.63) is 0 Å². The molecule has 1 N–H and O–H groups in total. The fourth-order valence-electron chi connectivity index (χ4n) is 2.26. The number of nitrogens with one attached hydrogen (secondary N) is 1. The summed E-state index contributed by atoms with van der Waals surface area (Å²) in [5.74, 6) is 2.01. The molecule has 1 aliphatic heterocycles. The molecule has 1 atom stereocenters. The van der Waals surface area contributed by atoms with Crippen LogP contribution in [0.15, 0.2) is 0 Å². The van der Waals surface area contributed by atoms with Crippen molar-refractivity contribution in [1.29, 1.82) is 0 Å². The molecule has 0 aromatic rings. The highest BCUT2D eigenvalue weighted by Crippen LogP contribution is 2.29. The lowest BCUT2D eigenvalue weighted by atomic mass is 10.1. The predicted molar refractivity (Wildman–Crippen MR) is 79.9 cm³/mol. The standard InChI is InChI=1S/C14H30N2S/c1-12(9-15-13(2,3)4)10-16-7-8-17-14(5,6)11-16/h12,15H,7-11H2,1-6H3. The first kappa shape index (κ1) is 15.3. The van der Waals surface area contributed by atoms with Gasteiger partial charge in [-0.2, -0.15) is 11.8 Å². The molecule has 1 saturated heterocycles. The average Bonchev–Trinajstić information content (AvgIpc) is 2.12. The van der Waals surface area contributed by atoms with E-state index in [1.54, 1.807) is 0 Å². The first-order valence-corrected chi connectivity index (χ1v) is 7.78. The third-order valence-corrected chi connectivity index (χ3v) is 4.35. The Bertz CT molecular complexity index is 233. The fraction of sp³-hybridized carbons (Fsp3) is 1.00. The lowest BCUT2D eigenvalue weighted by molar-refractivity contribution is 0.218. The Hall–Kier alpha value is 0.270. The lowest BCUT2D eigenvalue weighted by Crippen LogP contribution is -2.47. The molecular formula is C14H30N2S. The Labute approximate surface area is 112 Å². The minimum absolute atomic E-state index is 0.241. The van der Waals surface area contributed by atoms with Crippen LogP contribution in [-0.2, 0) is 0 Å². The summed E-state index contributed by atoms with van der Waals surface area (Å²) in [5.41, 5.74) is 0.241. The highest BCUT2D eigenvalue weighted by atomic mass is 32.2. The van der Waals surface area contributed by atoms with Gasteiger partial charge in [0, 0.05) is 35.7 Å². The maximum absolute atomic E-state index is 3.60. The van der Waals surface area contributed by atoms with E-state index < -0.39 is 0 Å². The van der Waals surface area contributed by atoms with Crippen LogP contribution in [0.25, 0.3) is 0 Å². The van der Waals surface area contributed by atoms with Gasteiger partial charge in [0.2, 0.25) is 0 Å². The van der Waals surface area contributed by atoms with Gasteiger partial charge in [-0.15, -0.1) is 0 Å². The molecule has 1 rings (SSSR count). The summed E-state index contributed by atoms with van der Waals surface area (Å²) >= 11 is 2.11. The highest BCUT2D eigenvalue weighted by molar-refractivity contribution is 8.00. The Morgan fingerprint density at radius 2 is 2.00 bits per heavy atom. The molecule has 3 heteroatoms. The number of hydrogen-bond acceptors (Lipinski definition) is 3.